The number of rotatable bonds is 68. The summed E-state index contributed by atoms with van der Waals surface area (Å²) in [5.41, 5.74) is 0. The number of hydrogen-bond acceptors (Lipinski definition) is 5. The molecule has 3 N–H and O–H groups in total. The molecule has 0 spiro atoms. The Balaban J connectivity index is 3.44. The van der Waals surface area contributed by atoms with Gasteiger partial charge >= 0.3 is 5.97 Å². The maximum Gasteiger partial charge on any atom is 0.305 e. The van der Waals surface area contributed by atoms with Gasteiger partial charge in [-0.2, -0.15) is 0 Å². The predicted molar refractivity (Wildman–Crippen MR) is 352 cm³/mol. The van der Waals surface area contributed by atoms with Gasteiger partial charge in [-0.15, -0.1) is 0 Å². The second-order valence-corrected chi connectivity index (χ2v) is 24.9. The molecular weight excluding hydrogens is 983 g/mol. The van der Waals surface area contributed by atoms with Gasteiger partial charge in [-0.3, -0.25) is 9.59 Å². The van der Waals surface area contributed by atoms with Gasteiger partial charge < -0.3 is 20.3 Å². The molecule has 2 unspecified atom stereocenters. The Kier molecular flexibility index (Phi) is 67.9. The van der Waals surface area contributed by atoms with Crippen LogP contribution in [-0.4, -0.2) is 47.4 Å². The van der Waals surface area contributed by atoms with Crippen LogP contribution in [-0.2, 0) is 14.3 Å². The largest absolute Gasteiger partial charge is 0.466 e. The van der Waals surface area contributed by atoms with Gasteiger partial charge in [0.1, 0.15) is 0 Å². The Bertz CT molecular complexity index is 1300. The minimum absolute atomic E-state index is 0.00592. The SMILES string of the molecule is CCCCCCCC/C=C\CCCCCCCCCCCC(=O)OCCCCCCCCCCC/C=C\CCCCCCCCCC(=O)NC(CO)C(O)/C=C/CCCCCCCCCCCCCCCCCCCCCCCC. The van der Waals surface area contributed by atoms with Crippen molar-refractivity contribution >= 4 is 11.9 Å². The number of carbonyl (C=O) groups excluding carboxylic acids is 2. The number of allylic oxidation sites excluding steroid dienone is 5. The van der Waals surface area contributed by atoms with Crippen molar-refractivity contribution in [1.82, 2.24) is 5.32 Å². The molecule has 472 valence electrons. The highest BCUT2D eigenvalue weighted by molar-refractivity contribution is 5.76. The first-order valence-electron chi connectivity index (χ1n) is 36.3. The van der Waals surface area contributed by atoms with Crippen molar-refractivity contribution in [1.29, 1.82) is 0 Å². The normalized spacial score (nSPS) is 12.7. The third kappa shape index (κ3) is 65.2. The van der Waals surface area contributed by atoms with Crippen LogP contribution in [0.2, 0.25) is 0 Å². The van der Waals surface area contributed by atoms with Crippen molar-refractivity contribution < 1.29 is 24.5 Å². The zero-order valence-corrected chi connectivity index (χ0v) is 54.1. The number of esters is 1. The van der Waals surface area contributed by atoms with Gasteiger partial charge in [-0.05, 0) is 83.5 Å². The van der Waals surface area contributed by atoms with Gasteiger partial charge in [0.15, 0.2) is 0 Å². The first-order valence-corrected chi connectivity index (χ1v) is 36.3. The van der Waals surface area contributed by atoms with Crippen LogP contribution in [0.15, 0.2) is 36.5 Å². The fourth-order valence-electron chi connectivity index (χ4n) is 11.3. The summed E-state index contributed by atoms with van der Waals surface area (Å²) in [7, 11) is 0. The summed E-state index contributed by atoms with van der Waals surface area (Å²) in [5, 5.41) is 23.3. The molecule has 80 heavy (non-hydrogen) atoms. The van der Waals surface area contributed by atoms with Crippen molar-refractivity contribution in [3.63, 3.8) is 0 Å². The number of unbranched alkanes of at least 4 members (excludes halogenated alkanes) is 53. The minimum Gasteiger partial charge on any atom is -0.466 e. The zero-order valence-electron chi connectivity index (χ0n) is 54.1. The molecule has 0 radical (unpaired) electrons. The van der Waals surface area contributed by atoms with Crippen LogP contribution in [0.4, 0.5) is 0 Å². The molecule has 6 heteroatoms. The van der Waals surface area contributed by atoms with Crippen molar-refractivity contribution in [2.24, 2.45) is 0 Å². The Labute approximate surface area is 500 Å². The number of aliphatic hydroxyl groups excluding tert-OH is 2. The second kappa shape index (κ2) is 69.6. The molecule has 6 nitrogen and oxygen atoms in total. The first kappa shape index (κ1) is 78.1. The monoisotopic (exact) mass is 1120 g/mol. The van der Waals surface area contributed by atoms with E-state index in [4.69, 9.17) is 4.74 Å². The number of ether oxygens (including phenoxy) is 1. The summed E-state index contributed by atoms with van der Waals surface area (Å²) >= 11 is 0. The molecule has 0 aliphatic rings. The zero-order chi connectivity index (χ0) is 57.8. The Morgan fingerprint density at radius 3 is 0.887 bits per heavy atom. The molecule has 0 bridgehead atoms. The van der Waals surface area contributed by atoms with Crippen LogP contribution in [0.3, 0.4) is 0 Å². The topological polar surface area (TPSA) is 95.9 Å². The van der Waals surface area contributed by atoms with Crippen LogP contribution in [0.1, 0.15) is 399 Å². The van der Waals surface area contributed by atoms with Crippen molar-refractivity contribution in [2.45, 2.75) is 411 Å². The van der Waals surface area contributed by atoms with E-state index in [1.165, 1.54) is 321 Å². The number of aliphatic hydroxyl groups is 2. The third-order valence-corrected chi connectivity index (χ3v) is 16.9. The van der Waals surface area contributed by atoms with E-state index in [2.05, 4.69) is 43.5 Å². The molecule has 0 aromatic carbocycles. The lowest BCUT2D eigenvalue weighted by Crippen LogP contribution is -2.45. The molecule has 0 rings (SSSR count). The summed E-state index contributed by atoms with van der Waals surface area (Å²) in [6.07, 6.45) is 89.4. The summed E-state index contributed by atoms with van der Waals surface area (Å²) in [6.45, 7) is 4.93. The molecule has 0 aromatic rings. The van der Waals surface area contributed by atoms with E-state index in [-0.39, 0.29) is 18.5 Å². The van der Waals surface area contributed by atoms with Crippen LogP contribution in [0, 0.1) is 0 Å². The maximum absolute atomic E-state index is 12.5. The van der Waals surface area contributed by atoms with Gasteiger partial charge in [0, 0.05) is 12.8 Å². The molecule has 0 fully saturated rings. The van der Waals surface area contributed by atoms with Gasteiger partial charge in [0.25, 0.3) is 0 Å². The van der Waals surface area contributed by atoms with Gasteiger partial charge in [-0.1, -0.05) is 339 Å². The van der Waals surface area contributed by atoms with Gasteiger partial charge in [-0.25, -0.2) is 0 Å². The third-order valence-electron chi connectivity index (χ3n) is 16.9. The van der Waals surface area contributed by atoms with Crippen LogP contribution in [0.5, 0.6) is 0 Å². The van der Waals surface area contributed by atoms with Crippen LogP contribution in [0.25, 0.3) is 0 Å². The lowest BCUT2D eigenvalue weighted by Gasteiger charge is -2.20. The van der Waals surface area contributed by atoms with E-state index in [9.17, 15) is 19.8 Å². The fraction of sp³-hybridized carbons (Fsp3) is 0.892. The van der Waals surface area contributed by atoms with E-state index in [0.29, 0.717) is 19.4 Å². The second-order valence-electron chi connectivity index (χ2n) is 24.9. The number of nitrogens with one attached hydrogen (secondary N) is 1. The Hall–Kier alpha value is -1.92. The maximum atomic E-state index is 12.5. The molecule has 0 aromatic heterocycles. The van der Waals surface area contributed by atoms with Crippen molar-refractivity contribution in [3.05, 3.63) is 36.5 Å². The molecule has 0 aliphatic heterocycles. The highest BCUT2D eigenvalue weighted by Gasteiger charge is 2.18. The summed E-state index contributed by atoms with van der Waals surface area (Å²) in [6, 6.07) is -0.636. The Morgan fingerprint density at radius 1 is 0.338 bits per heavy atom. The summed E-state index contributed by atoms with van der Waals surface area (Å²) in [4.78, 5) is 24.7. The van der Waals surface area contributed by atoms with Gasteiger partial charge in [0.05, 0.1) is 25.4 Å². The average molecular weight is 1120 g/mol. The molecule has 0 heterocycles. The summed E-state index contributed by atoms with van der Waals surface area (Å²) in [5.74, 6) is -0.0668. The van der Waals surface area contributed by atoms with E-state index < -0.39 is 12.1 Å². The number of hydrogen-bond donors (Lipinski definition) is 3. The molecule has 2 atom stereocenters. The summed E-state index contributed by atoms with van der Waals surface area (Å²) < 4.78 is 5.50. The lowest BCUT2D eigenvalue weighted by molar-refractivity contribution is -0.143. The standard InChI is InChI=1S/C74H141NO5/c1-3-5-7-9-11-13-15-17-19-21-23-24-25-26-27-31-34-38-42-46-50-54-58-62-66-72(77)71(70-76)75-73(78)67-63-59-55-51-47-43-39-35-32-28-29-33-37-41-45-49-53-57-61-65-69-80-74(79)68-64-60-56-52-48-44-40-36-30-22-20-18-16-14-12-10-8-6-4-2/h18,20,28,32,62,66,71-72,76-77H,3-17,19,21-27,29-31,33-61,63-65,67-70H2,1-2H3,(H,75,78)/b20-18-,32-28-,66-62+. The highest BCUT2D eigenvalue weighted by Crippen LogP contribution is 2.18. The van der Waals surface area contributed by atoms with E-state index in [1.54, 1.807) is 6.08 Å². The highest BCUT2D eigenvalue weighted by atomic mass is 16.5. The van der Waals surface area contributed by atoms with Gasteiger partial charge in [0.2, 0.25) is 5.91 Å². The molecule has 0 saturated heterocycles. The predicted octanol–water partition coefficient (Wildman–Crippen LogP) is 23.5. The quantitative estimate of drug-likeness (QED) is 0.0320. The van der Waals surface area contributed by atoms with Crippen LogP contribution < -0.4 is 5.32 Å². The fourth-order valence-corrected chi connectivity index (χ4v) is 11.3. The van der Waals surface area contributed by atoms with Crippen molar-refractivity contribution in [3.8, 4) is 0 Å². The molecule has 0 saturated carbocycles. The number of amides is 1. The molecule has 0 aliphatic carbocycles. The van der Waals surface area contributed by atoms with E-state index >= 15 is 0 Å². The van der Waals surface area contributed by atoms with E-state index in [1.807, 2.05) is 6.08 Å². The minimum atomic E-state index is -0.852. The lowest BCUT2D eigenvalue weighted by atomic mass is 10.0. The van der Waals surface area contributed by atoms with Crippen LogP contribution >= 0.6 is 0 Å². The number of carbonyl (C=O) groups is 2. The van der Waals surface area contributed by atoms with Crippen molar-refractivity contribution in [2.75, 3.05) is 13.2 Å². The molecular formula is C74H141NO5. The Morgan fingerprint density at radius 2 is 0.588 bits per heavy atom. The smallest absolute Gasteiger partial charge is 0.305 e. The molecule has 1 amide bonds. The first-order chi connectivity index (χ1) is 39.5. The van der Waals surface area contributed by atoms with E-state index in [0.717, 1.165) is 51.4 Å². The average Bonchev–Trinajstić information content (AvgIpc) is 3.46.